The summed E-state index contributed by atoms with van der Waals surface area (Å²) in [5.41, 5.74) is -0.0549. The number of aliphatic hydroxyl groups excluding tert-OH is 1. The number of aliphatic hydroxyl groups is 1. The molecule has 1 fully saturated rings. The fourth-order valence-corrected chi connectivity index (χ4v) is 2.07. The lowest BCUT2D eigenvalue weighted by Crippen LogP contribution is -2.51. The van der Waals surface area contributed by atoms with Gasteiger partial charge in [-0.05, 0) is 6.07 Å². The van der Waals surface area contributed by atoms with Crippen molar-refractivity contribution in [3.8, 4) is 5.75 Å². The standard InChI is InChI=1S/C12H14N2O5/c1-19-11-9(3-2-4-10(11)14(17)18)12(16)13-5-8(6-13)7-15/h2-4,8,15H,5-7H2,1H3. The van der Waals surface area contributed by atoms with E-state index in [0.29, 0.717) is 13.1 Å². The molecule has 1 N–H and O–H groups in total. The third-order valence-corrected chi connectivity index (χ3v) is 3.13. The highest BCUT2D eigenvalue weighted by Gasteiger charge is 2.33. The second kappa shape index (κ2) is 5.23. The van der Waals surface area contributed by atoms with Crippen LogP contribution in [-0.2, 0) is 0 Å². The van der Waals surface area contributed by atoms with Crippen LogP contribution in [0.2, 0.25) is 0 Å². The number of ether oxygens (including phenoxy) is 1. The molecule has 19 heavy (non-hydrogen) atoms. The van der Waals surface area contributed by atoms with Crippen molar-refractivity contribution in [2.45, 2.75) is 0 Å². The van der Waals surface area contributed by atoms with Crippen LogP contribution in [-0.4, -0.2) is 47.6 Å². The monoisotopic (exact) mass is 266 g/mol. The van der Waals surface area contributed by atoms with Crippen LogP contribution in [0.1, 0.15) is 10.4 Å². The van der Waals surface area contributed by atoms with Gasteiger partial charge in [-0.2, -0.15) is 0 Å². The quantitative estimate of drug-likeness (QED) is 0.638. The zero-order valence-electron chi connectivity index (χ0n) is 10.4. The number of rotatable bonds is 4. The van der Waals surface area contributed by atoms with Gasteiger partial charge in [0.2, 0.25) is 5.75 Å². The van der Waals surface area contributed by atoms with Crippen molar-refractivity contribution in [2.24, 2.45) is 5.92 Å². The summed E-state index contributed by atoms with van der Waals surface area (Å²) in [7, 11) is 1.30. The molecule has 0 aromatic heterocycles. The normalized spacial score (nSPS) is 14.9. The Hall–Kier alpha value is -2.15. The van der Waals surface area contributed by atoms with Gasteiger partial charge in [0.15, 0.2) is 0 Å². The van der Waals surface area contributed by atoms with Crippen LogP contribution in [0.25, 0.3) is 0 Å². The summed E-state index contributed by atoms with van der Waals surface area (Å²) in [4.78, 5) is 24.0. The van der Waals surface area contributed by atoms with Crippen LogP contribution < -0.4 is 4.74 Å². The van der Waals surface area contributed by atoms with Crippen molar-refractivity contribution >= 4 is 11.6 Å². The highest BCUT2D eigenvalue weighted by Crippen LogP contribution is 2.32. The maximum atomic E-state index is 12.2. The van der Waals surface area contributed by atoms with Crippen LogP contribution in [0.15, 0.2) is 18.2 Å². The van der Waals surface area contributed by atoms with Gasteiger partial charge in [-0.1, -0.05) is 6.07 Å². The van der Waals surface area contributed by atoms with Crippen LogP contribution in [0.4, 0.5) is 5.69 Å². The number of amides is 1. The molecule has 1 aromatic carbocycles. The number of benzene rings is 1. The Morgan fingerprint density at radius 3 is 2.79 bits per heavy atom. The Bertz CT molecular complexity index is 511. The lowest BCUT2D eigenvalue weighted by Gasteiger charge is -2.38. The molecule has 1 amide bonds. The molecule has 0 spiro atoms. The van der Waals surface area contributed by atoms with Gasteiger partial charge >= 0.3 is 5.69 Å². The van der Waals surface area contributed by atoms with Gasteiger partial charge in [0.1, 0.15) is 0 Å². The number of likely N-dealkylation sites (tertiary alicyclic amines) is 1. The summed E-state index contributed by atoms with van der Waals surface area (Å²) in [6.07, 6.45) is 0. The maximum absolute atomic E-state index is 12.2. The molecule has 0 saturated carbocycles. The van der Waals surface area contributed by atoms with E-state index in [1.807, 2.05) is 0 Å². The van der Waals surface area contributed by atoms with Crippen molar-refractivity contribution in [2.75, 3.05) is 26.8 Å². The summed E-state index contributed by atoms with van der Waals surface area (Å²) in [6, 6.07) is 4.25. The Morgan fingerprint density at radius 1 is 1.58 bits per heavy atom. The number of methoxy groups -OCH3 is 1. The Balaban J connectivity index is 2.27. The van der Waals surface area contributed by atoms with E-state index in [1.54, 1.807) is 0 Å². The lowest BCUT2D eigenvalue weighted by atomic mass is 9.99. The molecular weight excluding hydrogens is 252 g/mol. The summed E-state index contributed by atoms with van der Waals surface area (Å²) in [5, 5.41) is 19.8. The zero-order valence-corrected chi connectivity index (χ0v) is 10.4. The topological polar surface area (TPSA) is 92.9 Å². The van der Waals surface area contributed by atoms with Gasteiger partial charge in [-0.3, -0.25) is 14.9 Å². The van der Waals surface area contributed by atoms with Crippen LogP contribution in [0.5, 0.6) is 5.75 Å². The van der Waals surface area contributed by atoms with Crippen LogP contribution in [0.3, 0.4) is 0 Å². The zero-order chi connectivity index (χ0) is 14.0. The fraction of sp³-hybridized carbons (Fsp3) is 0.417. The Morgan fingerprint density at radius 2 is 2.26 bits per heavy atom. The number of nitrogens with zero attached hydrogens (tertiary/aromatic N) is 2. The van der Waals surface area contributed by atoms with Crippen LogP contribution >= 0.6 is 0 Å². The number of para-hydroxylation sites is 1. The van der Waals surface area contributed by atoms with E-state index < -0.39 is 4.92 Å². The number of nitro benzene ring substituents is 1. The predicted octanol–water partition coefficient (Wildman–Crippen LogP) is 0.668. The first-order valence-electron chi connectivity index (χ1n) is 5.80. The summed E-state index contributed by atoms with van der Waals surface area (Å²) >= 11 is 0. The van der Waals surface area contributed by atoms with E-state index in [-0.39, 0.29) is 35.4 Å². The molecule has 1 heterocycles. The van der Waals surface area contributed by atoms with Gasteiger partial charge in [0.05, 0.1) is 17.6 Å². The van der Waals surface area contributed by atoms with E-state index >= 15 is 0 Å². The minimum absolute atomic E-state index is 0.0232. The van der Waals surface area contributed by atoms with Crippen molar-refractivity contribution in [3.05, 3.63) is 33.9 Å². The molecule has 1 aromatic rings. The van der Waals surface area contributed by atoms with Crippen molar-refractivity contribution < 1.29 is 19.6 Å². The average molecular weight is 266 g/mol. The second-order valence-corrected chi connectivity index (χ2v) is 4.37. The molecule has 1 aliphatic rings. The van der Waals surface area contributed by atoms with Crippen molar-refractivity contribution in [1.82, 2.24) is 4.90 Å². The predicted molar refractivity (Wildman–Crippen MR) is 66.1 cm³/mol. The largest absolute Gasteiger partial charge is 0.490 e. The number of carbonyl (C=O) groups excluding carboxylic acids is 1. The van der Waals surface area contributed by atoms with Crippen molar-refractivity contribution in [1.29, 1.82) is 0 Å². The third kappa shape index (κ3) is 2.37. The number of hydrogen-bond acceptors (Lipinski definition) is 5. The molecule has 0 atom stereocenters. The van der Waals surface area contributed by atoms with Gasteiger partial charge in [0.25, 0.3) is 5.91 Å². The minimum Gasteiger partial charge on any atom is -0.490 e. The molecular formula is C12H14N2O5. The molecule has 102 valence electrons. The molecule has 2 rings (SSSR count). The van der Waals surface area contributed by atoms with Crippen molar-refractivity contribution in [3.63, 3.8) is 0 Å². The summed E-state index contributed by atoms with van der Waals surface area (Å²) in [5.74, 6) is -0.246. The second-order valence-electron chi connectivity index (χ2n) is 4.37. The molecule has 0 unspecified atom stereocenters. The van der Waals surface area contributed by atoms with Gasteiger partial charge in [0, 0.05) is 31.7 Å². The molecule has 0 bridgehead atoms. The molecule has 0 radical (unpaired) electrons. The SMILES string of the molecule is COc1c(C(=O)N2CC(CO)C2)cccc1[N+](=O)[O-]. The van der Waals surface area contributed by atoms with Gasteiger partial charge in [-0.25, -0.2) is 0 Å². The molecule has 1 saturated heterocycles. The Kier molecular flexibility index (Phi) is 3.66. The fourth-order valence-electron chi connectivity index (χ4n) is 2.07. The van der Waals surface area contributed by atoms with E-state index in [9.17, 15) is 14.9 Å². The maximum Gasteiger partial charge on any atom is 0.311 e. The average Bonchev–Trinajstić information content (AvgIpc) is 2.36. The number of hydrogen-bond donors (Lipinski definition) is 1. The van der Waals surface area contributed by atoms with Crippen LogP contribution in [0, 0.1) is 16.0 Å². The van der Waals surface area contributed by atoms with E-state index in [4.69, 9.17) is 9.84 Å². The van der Waals surface area contributed by atoms with E-state index in [1.165, 1.54) is 30.2 Å². The van der Waals surface area contributed by atoms with E-state index in [2.05, 4.69) is 0 Å². The lowest BCUT2D eigenvalue weighted by molar-refractivity contribution is -0.385. The first kappa shape index (κ1) is 13.3. The number of nitro groups is 1. The molecule has 7 heteroatoms. The highest BCUT2D eigenvalue weighted by molar-refractivity contribution is 5.98. The van der Waals surface area contributed by atoms with E-state index in [0.717, 1.165) is 0 Å². The Labute approximate surface area is 109 Å². The third-order valence-electron chi connectivity index (χ3n) is 3.13. The minimum atomic E-state index is -0.581. The number of carbonyl (C=O) groups is 1. The first-order chi connectivity index (χ1) is 9.08. The molecule has 0 aliphatic carbocycles. The first-order valence-corrected chi connectivity index (χ1v) is 5.80. The smallest absolute Gasteiger partial charge is 0.311 e. The summed E-state index contributed by atoms with van der Waals surface area (Å²) < 4.78 is 4.99. The molecule has 7 nitrogen and oxygen atoms in total. The van der Waals surface area contributed by atoms with Gasteiger partial charge < -0.3 is 14.7 Å². The summed E-state index contributed by atoms with van der Waals surface area (Å²) in [6.45, 7) is 0.957. The molecule has 1 aliphatic heterocycles. The highest BCUT2D eigenvalue weighted by atomic mass is 16.6. The van der Waals surface area contributed by atoms with Gasteiger partial charge in [-0.15, -0.1) is 0 Å².